The summed E-state index contributed by atoms with van der Waals surface area (Å²) in [6.07, 6.45) is 1.70. The van der Waals surface area contributed by atoms with Crippen LogP contribution in [0.5, 0.6) is 0 Å². The monoisotopic (exact) mass is 429 g/mol. The summed E-state index contributed by atoms with van der Waals surface area (Å²) in [4.78, 5) is 13.4. The van der Waals surface area contributed by atoms with Gasteiger partial charge in [0, 0.05) is 11.8 Å². The smallest absolute Gasteiger partial charge is 0.225 e. The minimum Gasteiger partial charge on any atom is -0.383 e. The zero-order chi connectivity index (χ0) is 22.1. The number of benzene rings is 2. The van der Waals surface area contributed by atoms with Crippen molar-refractivity contribution in [3.8, 4) is 16.9 Å². The first-order chi connectivity index (χ1) is 15.6. The fraction of sp³-hybridized carbons (Fsp3) is 0.0435. The molecule has 0 saturated carbocycles. The summed E-state index contributed by atoms with van der Waals surface area (Å²) in [6, 6.07) is 17.4. The second kappa shape index (κ2) is 8.03. The van der Waals surface area contributed by atoms with Crippen LogP contribution in [0.1, 0.15) is 5.69 Å². The van der Waals surface area contributed by atoms with Crippen LogP contribution in [-0.4, -0.2) is 24.7 Å². The van der Waals surface area contributed by atoms with Crippen LogP contribution in [0.2, 0.25) is 0 Å². The molecule has 0 amide bonds. The molecule has 158 valence electrons. The van der Waals surface area contributed by atoms with E-state index in [1.807, 2.05) is 18.2 Å². The molecule has 0 atom stereocenters. The maximum absolute atomic E-state index is 13.8. The molecule has 32 heavy (non-hydrogen) atoms. The number of hydrogen-bond donors (Lipinski definition) is 2. The van der Waals surface area contributed by atoms with Gasteiger partial charge in [0.15, 0.2) is 5.65 Å². The number of halogens is 2. The van der Waals surface area contributed by atoms with Gasteiger partial charge < -0.3 is 11.1 Å². The molecule has 0 spiro atoms. The van der Waals surface area contributed by atoms with Gasteiger partial charge in [0.05, 0.1) is 29.0 Å². The van der Waals surface area contributed by atoms with Gasteiger partial charge in [0.25, 0.3) is 0 Å². The molecule has 5 aromatic rings. The molecule has 5 rings (SSSR count). The molecule has 0 saturated heterocycles. The second-order valence-corrected chi connectivity index (χ2v) is 7.05. The second-order valence-electron chi connectivity index (χ2n) is 7.05. The summed E-state index contributed by atoms with van der Waals surface area (Å²) in [5, 5.41) is 8.12. The Bertz CT molecular complexity index is 1400. The topological polar surface area (TPSA) is 94.5 Å². The molecular weight excluding hydrogens is 412 g/mol. The predicted molar refractivity (Wildman–Crippen MR) is 118 cm³/mol. The van der Waals surface area contributed by atoms with Crippen LogP contribution in [0.4, 0.5) is 20.5 Å². The molecule has 2 aromatic carbocycles. The number of nitrogen functional groups attached to an aromatic ring is 1. The highest BCUT2D eigenvalue weighted by atomic mass is 19.1. The summed E-state index contributed by atoms with van der Waals surface area (Å²) in [7, 11) is 0. The number of aromatic nitrogens is 5. The van der Waals surface area contributed by atoms with E-state index in [1.54, 1.807) is 30.5 Å². The van der Waals surface area contributed by atoms with E-state index in [0.717, 1.165) is 5.69 Å². The van der Waals surface area contributed by atoms with Crippen molar-refractivity contribution in [1.82, 2.24) is 24.7 Å². The molecule has 3 aromatic heterocycles. The van der Waals surface area contributed by atoms with Gasteiger partial charge in [-0.1, -0.05) is 12.1 Å². The summed E-state index contributed by atoms with van der Waals surface area (Å²) in [5.41, 5.74) is 9.11. The highest BCUT2D eigenvalue weighted by Gasteiger charge is 2.19. The number of hydrogen-bond acceptors (Lipinski definition) is 6. The van der Waals surface area contributed by atoms with E-state index < -0.39 is 5.82 Å². The SMILES string of the molecule is Nc1c2c(-c3ccc(F)cc3)nc(NCc3ccccn3)nc2nn1-c1cccc(F)c1. The Balaban J connectivity index is 1.65. The van der Waals surface area contributed by atoms with Gasteiger partial charge in [0.1, 0.15) is 17.5 Å². The number of anilines is 2. The molecular formula is C23H17F2N7. The van der Waals surface area contributed by atoms with Crippen molar-refractivity contribution in [2.75, 3.05) is 11.1 Å². The minimum absolute atomic E-state index is 0.251. The highest BCUT2D eigenvalue weighted by Crippen LogP contribution is 2.33. The Morgan fingerprint density at radius 3 is 2.50 bits per heavy atom. The van der Waals surface area contributed by atoms with Gasteiger partial charge in [-0.3, -0.25) is 4.98 Å². The summed E-state index contributed by atoms with van der Waals surface area (Å²) in [6.45, 7) is 0.398. The number of pyridine rings is 1. The maximum Gasteiger partial charge on any atom is 0.225 e. The first-order valence-electron chi connectivity index (χ1n) is 9.80. The average molecular weight is 429 g/mol. The lowest BCUT2D eigenvalue weighted by molar-refractivity contribution is 0.625. The van der Waals surface area contributed by atoms with Gasteiger partial charge in [0.2, 0.25) is 5.95 Å². The molecule has 0 aliphatic rings. The molecule has 3 N–H and O–H groups in total. The van der Waals surface area contributed by atoms with E-state index in [1.165, 1.54) is 28.9 Å². The van der Waals surface area contributed by atoms with Gasteiger partial charge in [-0.25, -0.2) is 18.4 Å². The van der Waals surface area contributed by atoms with Crippen LogP contribution >= 0.6 is 0 Å². The van der Waals surface area contributed by atoms with Crippen molar-refractivity contribution in [3.05, 3.63) is 90.3 Å². The molecule has 0 fully saturated rings. The lowest BCUT2D eigenvalue weighted by Crippen LogP contribution is -2.06. The Morgan fingerprint density at radius 2 is 1.75 bits per heavy atom. The molecule has 0 radical (unpaired) electrons. The molecule has 0 unspecified atom stereocenters. The standard InChI is InChI=1S/C23H17F2N7/c24-15-9-7-14(8-10-15)20-19-21(26)32(18-6-3-4-16(25)12-18)31-22(19)30-23(29-20)28-13-17-5-1-2-11-27-17/h1-12H,13,26H2,(H,28,30,31). The first-order valence-corrected chi connectivity index (χ1v) is 9.80. The van der Waals surface area contributed by atoms with E-state index >= 15 is 0 Å². The molecule has 9 heteroatoms. The fourth-order valence-electron chi connectivity index (χ4n) is 3.38. The van der Waals surface area contributed by atoms with E-state index in [2.05, 4.69) is 25.4 Å². The van der Waals surface area contributed by atoms with E-state index in [-0.39, 0.29) is 11.6 Å². The third-order valence-electron chi connectivity index (χ3n) is 4.89. The maximum atomic E-state index is 13.8. The van der Waals surface area contributed by atoms with Gasteiger partial charge in [-0.15, -0.1) is 5.10 Å². The Kier molecular flexibility index (Phi) is 4.91. The van der Waals surface area contributed by atoms with Crippen molar-refractivity contribution in [1.29, 1.82) is 0 Å². The van der Waals surface area contributed by atoms with Gasteiger partial charge in [-0.05, 0) is 54.6 Å². The molecule has 0 aliphatic carbocycles. The molecule has 7 nitrogen and oxygen atoms in total. The Morgan fingerprint density at radius 1 is 0.906 bits per heavy atom. The molecule has 0 bridgehead atoms. The van der Waals surface area contributed by atoms with Crippen LogP contribution in [0.25, 0.3) is 28.0 Å². The zero-order valence-electron chi connectivity index (χ0n) is 16.7. The number of rotatable bonds is 5. The average Bonchev–Trinajstić information content (AvgIpc) is 3.15. The van der Waals surface area contributed by atoms with Gasteiger partial charge in [-0.2, -0.15) is 4.98 Å². The quantitative estimate of drug-likeness (QED) is 0.431. The number of nitrogens with one attached hydrogen (secondary N) is 1. The summed E-state index contributed by atoms with van der Waals surface area (Å²) >= 11 is 0. The van der Waals surface area contributed by atoms with Crippen molar-refractivity contribution in [2.45, 2.75) is 6.54 Å². The van der Waals surface area contributed by atoms with Crippen molar-refractivity contribution < 1.29 is 8.78 Å². The molecule has 0 aliphatic heterocycles. The van der Waals surface area contributed by atoms with E-state index in [4.69, 9.17) is 5.73 Å². The van der Waals surface area contributed by atoms with Crippen molar-refractivity contribution in [2.24, 2.45) is 0 Å². The van der Waals surface area contributed by atoms with Gasteiger partial charge >= 0.3 is 0 Å². The number of nitrogens with zero attached hydrogens (tertiary/aromatic N) is 5. The molecule has 3 heterocycles. The lowest BCUT2D eigenvalue weighted by atomic mass is 10.1. The van der Waals surface area contributed by atoms with Crippen LogP contribution < -0.4 is 11.1 Å². The zero-order valence-corrected chi connectivity index (χ0v) is 16.7. The minimum atomic E-state index is -0.413. The summed E-state index contributed by atoms with van der Waals surface area (Å²) in [5.74, 6) is -0.215. The van der Waals surface area contributed by atoms with Crippen LogP contribution in [0, 0.1) is 11.6 Å². The lowest BCUT2D eigenvalue weighted by Gasteiger charge is -2.08. The van der Waals surface area contributed by atoms with Crippen molar-refractivity contribution >= 4 is 22.8 Å². The number of nitrogens with two attached hydrogens (primary N) is 1. The van der Waals surface area contributed by atoms with E-state index in [9.17, 15) is 8.78 Å². The van der Waals surface area contributed by atoms with Crippen LogP contribution in [0.3, 0.4) is 0 Å². The largest absolute Gasteiger partial charge is 0.383 e. The van der Waals surface area contributed by atoms with E-state index in [0.29, 0.717) is 40.5 Å². The predicted octanol–water partition coefficient (Wildman–Crippen LogP) is 4.35. The van der Waals surface area contributed by atoms with Crippen LogP contribution in [-0.2, 0) is 6.54 Å². The van der Waals surface area contributed by atoms with Crippen LogP contribution in [0.15, 0.2) is 72.9 Å². The first kappa shape index (κ1) is 19.6. The normalized spacial score (nSPS) is 11.1. The third kappa shape index (κ3) is 3.71. The number of fused-ring (bicyclic) bond motifs is 1. The highest BCUT2D eigenvalue weighted by molar-refractivity contribution is 5.99. The summed E-state index contributed by atoms with van der Waals surface area (Å²) < 4.78 is 28.7. The Labute approximate surface area is 181 Å². The van der Waals surface area contributed by atoms with Crippen molar-refractivity contribution in [3.63, 3.8) is 0 Å². The Hall–Kier alpha value is -4.40. The third-order valence-corrected chi connectivity index (χ3v) is 4.89. The fourth-order valence-corrected chi connectivity index (χ4v) is 3.38.